The number of halogens is 3. The Kier molecular flexibility index (Phi) is 1.94. The van der Waals surface area contributed by atoms with E-state index in [1.54, 1.807) is 6.07 Å². The number of hydrogen-bond donors (Lipinski definition) is 0. The van der Waals surface area contributed by atoms with E-state index in [4.69, 9.17) is 0 Å². The molecule has 2 rings (SSSR count). The second-order valence-corrected chi connectivity index (χ2v) is 3.51. The summed E-state index contributed by atoms with van der Waals surface area (Å²) in [6, 6.07) is 3.94. The van der Waals surface area contributed by atoms with Gasteiger partial charge in [0.1, 0.15) is 0 Å². The maximum Gasteiger partial charge on any atom is 0.416 e. The van der Waals surface area contributed by atoms with Crippen LogP contribution in [0, 0.1) is 0 Å². The molecular weight excluding hydrogens is 191 g/mol. The average molecular weight is 201 g/mol. The van der Waals surface area contributed by atoms with Gasteiger partial charge in [0.15, 0.2) is 0 Å². The number of fused-ring (bicyclic) bond motifs is 1. The molecule has 76 valence electrons. The van der Waals surface area contributed by atoms with Crippen LogP contribution in [0.3, 0.4) is 0 Å². The Morgan fingerprint density at radius 2 is 2.00 bits per heavy atom. The summed E-state index contributed by atoms with van der Waals surface area (Å²) < 4.78 is 37.0. The molecule has 1 nitrogen and oxygen atoms in total. The van der Waals surface area contributed by atoms with E-state index < -0.39 is 11.7 Å². The van der Waals surface area contributed by atoms with Gasteiger partial charge in [0.2, 0.25) is 0 Å². The Morgan fingerprint density at radius 1 is 1.29 bits per heavy atom. The number of alkyl halides is 3. The van der Waals surface area contributed by atoms with Crippen molar-refractivity contribution in [2.24, 2.45) is 0 Å². The van der Waals surface area contributed by atoms with Crippen molar-refractivity contribution in [2.45, 2.75) is 12.6 Å². The van der Waals surface area contributed by atoms with Gasteiger partial charge in [-0.25, -0.2) is 0 Å². The average Bonchev–Trinajstić information content (AvgIpc) is 2.46. The Bertz CT molecular complexity index is 357. The quantitative estimate of drug-likeness (QED) is 0.623. The highest BCUT2D eigenvalue weighted by molar-refractivity contribution is 5.58. The minimum absolute atomic E-state index is 0.549. The zero-order valence-electron chi connectivity index (χ0n) is 7.73. The number of anilines is 1. The summed E-state index contributed by atoms with van der Waals surface area (Å²) in [6.07, 6.45) is -3.52. The van der Waals surface area contributed by atoms with Gasteiger partial charge in [-0.2, -0.15) is 13.2 Å². The third kappa shape index (κ3) is 1.45. The fraction of sp³-hybridized carbons (Fsp3) is 0.400. The highest BCUT2D eigenvalue weighted by Crippen LogP contribution is 2.34. The van der Waals surface area contributed by atoms with Crippen LogP contribution in [0.2, 0.25) is 0 Å². The van der Waals surface area contributed by atoms with Gasteiger partial charge >= 0.3 is 6.18 Å². The van der Waals surface area contributed by atoms with Gasteiger partial charge in [0.05, 0.1) is 5.56 Å². The zero-order valence-corrected chi connectivity index (χ0v) is 7.73. The van der Waals surface area contributed by atoms with Gasteiger partial charge in [-0.15, -0.1) is 0 Å². The van der Waals surface area contributed by atoms with E-state index in [9.17, 15) is 13.2 Å². The largest absolute Gasteiger partial charge is 0.416 e. The molecule has 0 spiro atoms. The first-order valence-corrected chi connectivity index (χ1v) is 4.40. The van der Waals surface area contributed by atoms with Crippen LogP contribution < -0.4 is 4.90 Å². The van der Waals surface area contributed by atoms with Crippen LogP contribution >= 0.6 is 0 Å². The van der Waals surface area contributed by atoms with E-state index in [2.05, 4.69) is 0 Å². The van der Waals surface area contributed by atoms with Gasteiger partial charge in [-0.1, -0.05) is 0 Å². The van der Waals surface area contributed by atoms with Crippen LogP contribution in [0.5, 0.6) is 0 Å². The molecule has 4 heteroatoms. The molecule has 0 atom stereocenters. The first-order chi connectivity index (χ1) is 6.48. The molecule has 0 amide bonds. The predicted octanol–water partition coefficient (Wildman–Crippen LogP) is 2.70. The lowest BCUT2D eigenvalue weighted by Crippen LogP contribution is -2.12. The van der Waals surface area contributed by atoms with Crippen molar-refractivity contribution in [3.8, 4) is 0 Å². The van der Waals surface area contributed by atoms with Crippen LogP contribution in [-0.4, -0.2) is 13.6 Å². The topological polar surface area (TPSA) is 3.24 Å². The highest BCUT2D eigenvalue weighted by Gasteiger charge is 2.31. The molecule has 0 unspecified atom stereocenters. The van der Waals surface area contributed by atoms with E-state index >= 15 is 0 Å². The van der Waals surface area contributed by atoms with Crippen LogP contribution in [0.25, 0.3) is 0 Å². The van der Waals surface area contributed by atoms with Gasteiger partial charge in [0.25, 0.3) is 0 Å². The fourth-order valence-electron chi connectivity index (χ4n) is 1.74. The summed E-state index contributed by atoms with van der Waals surface area (Å²) >= 11 is 0. The minimum Gasteiger partial charge on any atom is -0.374 e. The summed E-state index contributed by atoms with van der Waals surface area (Å²) in [5.41, 5.74) is 1.16. The summed E-state index contributed by atoms with van der Waals surface area (Å²) in [5, 5.41) is 0. The van der Waals surface area contributed by atoms with Crippen molar-refractivity contribution in [1.29, 1.82) is 0 Å². The lowest BCUT2D eigenvalue weighted by Gasteiger charge is -2.13. The predicted molar refractivity (Wildman–Crippen MR) is 48.4 cm³/mol. The van der Waals surface area contributed by atoms with Crippen LogP contribution in [0.4, 0.5) is 18.9 Å². The van der Waals surface area contributed by atoms with Crippen molar-refractivity contribution in [3.63, 3.8) is 0 Å². The first kappa shape index (κ1) is 9.37. The minimum atomic E-state index is -4.23. The number of nitrogens with zero attached hydrogens (tertiary/aromatic N) is 1. The Balaban J connectivity index is 2.42. The first-order valence-electron chi connectivity index (χ1n) is 4.40. The molecule has 1 heterocycles. The molecule has 0 aliphatic carbocycles. The number of hydrogen-bond acceptors (Lipinski definition) is 1. The molecule has 0 aromatic heterocycles. The summed E-state index contributed by atoms with van der Waals surface area (Å²) in [5.74, 6) is 0. The molecule has 14 heavy (non-hydrogen) atoms. The van der Waals surface area contributed by atoms with Crippen molar-refractivity contribution in [2.75, 3.05) is 18.5 Å². The molecule has 0 bridgehead atoms. The van der Waals surface area contributed by atoms with Gasteiger partial charge in [0, 0.05) is 19.3 Å². The summed E-state index contributed by atoms with van der Waals surface area (Å²) in [4.78, 5) is 1.97. The van der Waals surface area contributed by atoms with Gasteiger partial charge < -0.3 is 4.90 Å². The maximum atomic E-state index is 12.3. The highest BCUT2D eigenvalue weighted by atomic mass is 19.4. The van der Waals surface area contributed by atoms with Crippen LogP contribution in [0.1, 0.15) is 11.1 Å². The van der Waals surface area contributed by atoms with E-state index in [0.717, 1.165) is 23.9 Å². The van der Waals surface area contributed by atoms with Crippen molar-refractivity contribution in [3.05, 3.63) is 29.3 Å². The molecule has 1 aliphatic heterocycles. The molecule has 1 aliphatic rings. The lowest BCUT2D eigenvalue weighted by molar-refractivity contribution is -0.137. The SMILES string of the molecule is CN1CCc2cc(C(F)(F)F)ccc21. The number of rotatable bonds is 0. The summed E-state index contributed by atoms with van der Waals surface area (Å²) in [7, 11) is 1.89. The molecule has 0 radical (unpaired) electrons. The second-order valence-electron chi connectivity index (χ2n) is 3.51. The van der Waals surface area contributed by atoms with E-state index in [-0.39, 0.29) is 0 Å². The standard InChI is InChI=1S/C10H10F3N/c1-14-5-4-7-6-8(10(11,12)13)2-3-9(7)14/h2-3,6H,4-5H2,1H3. The monoisotopic (exact) mass is 201 g/mol. The van der Waals surface area contributed by atoms with E-state index in [1.165, 1.54) is 6.07 Å². The van der Waals surface area contributed by atoms with E-state index in [1.807, 2.05) is 11.9 Å². The number of likely N-dealkylation sites (N-methyl/N-ethyl adjacent to an activating group) is 1. The Hall–Kier alpha value is -1.19. The van der Waals surface area contributed by atoms with Crippen molar-refractivity contribution < 1.29 is 13.2 Å². The molecule has 0 fully saturated rings. The molecule has 1 aromatic carbocycles. The van der Waals surface area contributed by atoms with E-state index in [0.29, 0.717) is 6.42 Å². The lowest BCUT2D eigenvalue weighted by atomic mass is 10.1. The maximum absolute atomic E-state index is 12.3. The smallest absolute Gasteiger partial charge is 0.374 e. The Morgan fingerprint density at radius 3 is 2.64 bits per heavy atom. The van der Waals surface area contributed by atoms with Gasteiger partial charge in [-0.05, 0) is 30.2 Å². The third-order valence-corrected chi connectivity index (χ3v) is 2.53. The van der Waals surface area contributed by atoms with Crippen molar-refractivity contribution in [1.82, 2.24) is 0 Å². The van der Waals surface area contributed by atoms with Crippen LogP contribution in [-0.2, 0) is 12.6 Å². The summed E-state index contributed by atoms with van der Waals surface area (Å²) in [6.45, 7) is 0.802. The van der Waals surface area contributed by atoms with Gasteiger partial charge in [-0.3, -0.25) is 0 Å². The molecule has 0 N–H and O–H groups in total. The fourth-order valence-corrected chi connectivity index (χ4v) is 1.74. The third-order valence-electron chi connectivity index (χ3n) is 2.53. The number of benzene rings is 1. The molecule has 0 saturated carbocycles. The second kappa shape index (κ2) is 2.90. The molecule has 1 aromatic rings. The Labute approximate surface area is 80.1 Å². The molecular formula is C10H10F3N. The van der Waals surface area contributed by atoms with Crippen molar-refractivity contribution >= 4 is 5.69 Å². The molecule has 0 saturated heterocycles. The van der Waals surface area contributed by atoms with Crippen LogP contribution in [0.15, 0.2) is 18.2 Å². The zero-order chi connectivity index (χ0) is 10.3. The normalized spacial score (nSPS) is 15.9.